The van der Waals surface area contributed by atoms with E-state index in [2.05, 4.69) is 10.6 Å². The molecule has 0 aliphatic carbocycles. The van der Waals surface area contributed by atoms with E-state index in [1.165, 1.54) is 0 Å². The van der Waals surface area contributed by atoms with E-state index in [9.17, 15) is 9.90 Å². The molecule has 5 heteroatoms. The van der Waals surface area contributed by atoms with Crippen LogP contribution in [-0.4, -0.2) is 55.7 Å². The van der Waals surface area contributed by atoms with Gasteiger partial charge in [0.2, 0.25) is 0 Å². The number of likely N-dealkylation sites (N-methyl/N-ethyl adjacent to an activating group) is 1. The molecule has 0 aliphatic rings. The van der Waals surface area contributed by atoms with E-state index in [0.717, 1.165) is 5.69 Å². The summed E-state index contributed by atoms with van der Waals surface area (Å²) in [4.78, 5) is 14.0. The Labute approximate surface area is 114 Å². The van der Waals surface area contributed by atoms with Gasteiger partial charge in [0, 0.05) is 25.8 Å². The summed E-state index contributed by atoms with van der Waals surface area (Å²) in [5.41, 5.74) is 0.395. The number of amides is 1. The van der Waals surface area contributed by atoms with Crippen molar-refractivity contribution in [3.8, 4) is 0 Å². The van der Waals surface area contributed by atoms with Crippen molar-refractivity contribution in [2.45, 2.75) is 12.5 Å². The topological polar surface area (TPSA) is 64.6 Å². The first-order valence-corrected chi connectivity index (χ1v) is 6.28. The molecule has 0 radical (unpaired) electrons. The lowest BCUT2D eigenvalue weighted by atomic mass is 10.1. The number of para-hydroxylation sites is 1. The lowest BCUT2D eigenvalue weighted by Crippen LogP contribution is -2.47. The van der Waals surface area contributed by atoms with Crippen molar-refractivity contribution in [2.24, 2.45) is 0 Å². The Morgan fingerprint density at radius 2 is 2.00 bits per heavy atom. The van der Waals surface area contributed by atoms with Gasteiger partial charge in [0.25, 0.3) is 5.91 Å². The molecule has 5 nitrogen and oxygen atoms in total. The maximum absolute atomic E-state index is 12.1. The maximum Gasteiger partial charge on any atom is 0.253 e. The molecule has 106 valence electrons. The first-order chi connectivity index (χ1) is 8.85. The van der Waals surface area contributed by atoms with Gasteiger partial charge in [-0.25, -0.2) is 0 Å². The Hall–Kier alpha value is -1.59. The molecule has 0 saturated heterocycles. The van der Waals surface area contributed by atoms with Gasteiger partial charge in [-0.3, -0.25) is 4.79 Å². The van der Waals surface area contributed by atoms with Gasteiger partial charge in [-0.1, -0.05) is 12.1 Å². The second-order valence-electron chi connectivity index (χ2n) is 5.21. The van der Waals surface area contributed by atoms with Gasteiger partial charge in [0.05, 0.1) is 11.2 Å². The molecule has 0 aliphatic heterocycles. The maximum atomic E-state index is 12.1. The SMILES string of the molecule is CNc1ccccc1C(=O)NCC(C)(O)CN(C)C. The number of nitrogens with one attached hydrogen (secondary N) is 2. The number of hydrogen-bond donors (Lipinski definition) is 3. The van der Waals surface area contributed by atoms with Crippen molar-refractivity contribution in [3.05, 3.63) is 29.8 Å². The Morgan fingerprint density at radius 1 is 1.37 bits per heavy atom. The van der Waals surface area contributed by atoms with Crippen LogP contribution in [0.2, 0.25) is 0 Å². The molecule has 0 bridgehead atoms. The Balaban J connectivity index is 2.65. The minimum Gasteiger partial charge on any atom is -0.387 e. The molecule has 0 saturated carbocycles. The predicted molar refractivity (Wildman–Crippen MR) is 77.5 cm³/mol. The minimum atomic E-state index is -0.951. The van der Waals surface area contributed by atoms with Crippen LogP contribution in [0.15, 0.2) is 24.3 Å². The van der Waals surface area contributed by atoms with E-state index in [4.69, 9.17) is 0 Å². The molecule has 0 fully saturated rings. The molecule has 1 amide bonds. The highest BCUT2D eigenvalue weighted by Crippen LogP contribution is 2.14. The van der Waals surface area contributed by atoms with Crippen molar-refractivity contribution in [3.63, 3.8) is 0 Å². The third-order valence-corrected chi connectivity index (χ3v) is 2.73. The molecule has 1 aromatic carbocycles. The van der Waals surface area contributed by atoms with Gasteiger partial charge < -0.3 is 20.6 Å². The Bertz CT molecular complexity index is 430. The standard InChI is InChI=1S/C14H23N3O2/c1-14(19,10-17(3)4)9-16-13(18)11-7-5-6-8-12(11)15-2/h5-8,15,19H,9-10H2,1-4H3,(H,16,18). The van der Waals surface area contributed by atoms with Gasteiger partial charge in [0.15, 0.2) is 0 Å². The Kier molecular flexibility index (Phi) is 5.32. The quantitative estimate of drug-likeness (QED) is 0.711. The summed E-state index contributed by atoms with van der Waals surface area (Å²) < 4.78 is 0. The summed E-state index contributed by atoms with van der Waals surface area (Å²) in [6.45, 7) is 2.40. The molecule has 0 aromatic heterocycles. The van der Waals surface area contributed by atoms with Gasteiger partial charge in [0.1, 0.15) is 0 Å². The zero-order valence-corrected chi connectivity index (χ0v) is 12.0. The number of benzene rings is 1. The lowest BCUT2D eigenvalue weighted by molar-refractivity contribution is 0.0326. The van der Waals surface area contributed by atoms with Crippen LogP contribution in [0.5, 0.6) is 0 Å². The highest BCUT2D eigenvalue weighted by molar-refractivity contribution is 5.99. The van der Waals surface area contributed by atoms with Gasteiger partial charge >= 0.3 is 0 Å². The van der Waals surface area contributed by atoms with Crippen molar-refractivity contribution in [1.29, 1.82) is 0 Å². The fourth-order valence-electron chi connectivity index (χ4n) is 2.00. The minimum absolute atomic E-state index is 0.191. The highest BCUT2D eigenvalue weighted by Gasteiger charge is 2.22. The molecule has 1 aromatic rings. The second-order valence-corrected chi connectivity index (χ2v) is 5.21. The second kappa shape index (κ2) is 6.54. The van der Waals surface area contributed by atoms with Crippen LogP contribution in [0, 0.1) is 0 Å². The van der Waals surface area contributed by atoms with Crippen LogP contribution in [-0.2, 0) is 0 Å². The zero-order chi connectivity index (χ0) is 14.5. The molecular formula is C14H23N3O2. The summed E-state index contributed by atoms with van der Waals surface area (Å²) >= 11 is 0. The largest absolute Gasteiger partial charge is 0.387 e. The lowest BCUT2D eigenvalue weighted by Gasteiger charge is -2.27. The van der Waals surface area contributed by atoms with E-state index in [1.54, 1.807) is 20.0 Å². The number of rotatable bonds is 6. The normalized spacial score (nSPS) is 14.0. The third kappa shape index (κ3) is 4.89. The summed E-state index contributed by atoms with van der Waals surface area (Å²) in [6, 6.07) is 7.27. The van der Waals surface area contributed by atoms with Gasteiger partial charge in [-0.15, -0.1) is 0 Å². The predicted octanol–water partition coefficient (Wildman–Crippen LogP) is 0.771. The van der Waals surface area contributed by atoms with E-state index in [-0.39, 0.29) is 12.5 Å². The molecule has 3 N–H and O–H groups in total. The average Bonchev–Trinajstić information content (AvgIpc) is 2.34. The van der Waals surface area contributed by atoms with Crippen LogP contribution < -0.4 is 10.6 Å². The fraction of sp³-hybridized carbons (Fsp3) is 0.500. The number of hydrogen-bond acceptors (Lipinski definition) is 4. The average molecular weight is 265 g/mol. The van der Waals surface area contributed by atoms with Crippen molar-refractivity contribution < 1.29 is 9.90 Å². The summed E-state index contributed by atoms with van der Waals surface area (Å²) in [5.74, 6) is -0.191. The van der Waals surface area contributed by atoms with E-state index in [0.29, 0.717) is 12.1 Å². The third-order valence-electron chi connectivity index (χ3n) is 2.73. The monoisotopic (exact) mass is 265 g/mol. The van der Waals surface area contributed by atoms with Gasteiger partial charge in [-0.2, -0.15) is 0 Å². The highest BCUT2D eigenvalue weighted by atomic mass is 16.3. The van der Waals surface area contributed by atoms with E-state index in [1.807, 2.05) is 37.2 Å². The van der Waals surface area contributed by atoms with Crippen LogP contribution in [0.3, 0.4) is 0 Å². The van der Waals surface area contributed by atoms with Crippen molar-refractivity contribution in [1.82, 2.24) is 10.2 Å². The van der Waals surface area contributed by atoms with Crippen LogP contribution in [0.25, 0.3) is 0 Å². The van der Waals surface area contributed by atoms with E-state index >= 15 is 0 Å². The number of aliphatic hydroxyl groups is 1. The first-order valence-electron chi connectivity index (χ1n) is 6.28. The molecule has 1 atom stereocenters. The number of carbonyl (C=O) groups is 1. The van der Waals surface area contributed by atoms with Crippen LogP contribution in [0.4, 0.5) is 5.69 Å². The molecule has 19 heavy (non-hydrogen) atoms. The van der Waals surface area contributed by atoms with Gasteiger partial charge in [-0.05, 0) is 33.2 Å². The molecule has 1 unspecified atom stereocenters. The number of carbonyl (C=O) groups excluding carboxylic acids is 1. The van der Waals surface area contributed by atoms with Crippen molar-refractivity contribution >= 4 is 11.6 Å². The zero-order valence-electron chi connectivity index (χ0n) is 12.0. The Morgan fingerprint density at radius 3 is 2.58 bits per heavy atom. The number of nitrogens with zero attached hydrogens (tertiary/aromatic N) is 1. The summed E-state index contributed by atoms with van der Waals surface area (Å²) in [6.07, 6.45) is 0. The number of anilines is 1. The molecule has 0 heterocycles. The smallest absolute Gasteiger partial charge is 0.253 e. The summed E-state index contributed by atoms with van der Waals surface area (Å²) in [7, 11) is 5.54. The van der Waals surface area contributed by atoms with Crippen molar-refractivity contribution in [2.75, 3.05) is 39.5 Å². The van der Waals surface area contributed by atoms with Crippen LogP contribution in [0.1, 0.15) is 17.3 Å². The summed E-state index contributed by atoms with van der Waals surface area (Å²) in [5, 5.41) is 15.9. The van der Waals surface area contributed by atoms with E-state index < -0.39 is 5.60 Å². The molecule has 0 spiro atoms. The molecule has 1 rings (SSSR count). The molecular weight excluding hydrogens is 242 g/mol. The van der Waals surface area contributed by atoms with Crippen LogP contribution >= 0.6 is 0 Å². The fourth-order valence-corrected chi connectivity index (χ4v) is 2.00. The first kappa shape index (κ1) is 15.5.